The second-order valence-corrected chi connectivity index (χ2v) is 4.86. The molecule has 5 heteroatoms. The molecule has 0 aromatic carbocycles. The quantitative estimate of drug-likeness (QED) is 0.886. The number of aromatic amines is 1. The largest absolute Gasteiger partial charge is 0.363 e. The van der Waals surface area contributed by atoms with E-state index in [1.54, 1.807) is 0 Å². The molecule has 0 fully saturated rings. The maximum absolute atomic E-state index is 4.50. The molecule has 0 spiro atoms. The van der Waals surface area contributed by atoms with Crippen LogP contribution in [0.2, 0.25) is 0 Å². The lowest BCUT2D eigenvalue weighted by molar-refractivity contribution is 0.841. The van der Waals surface area contributed by atoms with Gasteiger partial charge in [0.2, 0.25) is 0 Å². The molecular weight excluding hydrogens is 238 g/mol. The van der Waals surface area contributed by atoms with Gasteiger partial charge in [-0.05, 0) is 34.1 Å². The molecule has 1 atom stereocenters. The summed E-state index contributed by atoms with van der Waals surface area (Å²) in [5.41, 5.74) is 4.47. The first kappa shape index (κ1) is 13.5. The molecule has 0 saturated carbocycles. The van der Waals surface area contributed by atoms with Crippen molar-refractivity contribution < 1.29 is 0 Å². The van der Waals surface area contributed by atoms with Crippen molar-refractivity contribution in [2.75, 3.05) is 5.32 Å². The Morgan fingerprint density at radius 2 is 2.05 bits per heavy atom. The third kappa shape index (κ3) is 2.75. The van der Waals surface area contributed by atoms with Gasteiger partial charge in [-0.2, -0.15) is 5.10 Å². The van der Waals surface area contributed by atoms with E-state index < -0.39 is 0 Å². The van der Waals surface area contributed by atoms with Crippen LogP contribution >= 0.6 is 0 Å². The van der Waals surface area contributed by atoms with Crippen molar-refractivity contribution in [2.24, 2.45) is 0 Å². The summed E-state index contributed by atoms with van der Waals surface area (Å²) in [6.07, 6.45) is 2.81. The average molecular weight is 259 g/mol. The summed E-state index contributed by atoms with van der Waals surface area (Å²) in [5.74, 6) is 1.70. The van der Waals surface area contributed by atoms with Crippen LogP contribution < -0.4 is 5.32 Å². The maximum atomic E-state index is 4.50. The van der Waals surface area contributed by atoms with Crippen molar-refractivity contribution in [1.29, 1.82) is 0 Å². The van der Waals surface area contributed by atoms with Crippen molar-refractivity contribution in [2.45, 2.75) is 47.1 Å². The maximum Gasteiger partial charge on any atom is 0.133 e. The van der Waals surface area contributed by atoms with Crippen molar-refractivity contribution >= 4 is 5.82 Å². The predicted molar refractivity (Wildman–Crippen MR) is 76.2 cm³/mol. The van der Waals surface area contributed by atoms with Gasteiger partial charge in [-0.15, -0.1) is 0 Å². The molecule has 0 aliphatic rings. The number of anilines is 1. The van der Waals surface area contributed by atoms with Crippen LogP contribution in [0, 0.1) is 20.8 Å². The molecule has 0 aliphatic heterocycles. The van der Waals surface area contributed by atoms with Crippen LogP contribution in [0.3, 0.4) is 0 Å². The predicted octanol–water partition coefficient (Wildman–Crippen LogP) is 2.86. The van der Waals surface area contributed by atoms with E-state index in [1.165, 1.54) is 5.56 Å². The van der Waals surface area contributed by atoms with Crippen LogP contribution in [-0.2, 0) is 6.42 Å². The molecule has 19 heavy (non-hydrogen) atoms. The molecule has 2 rings (SSSR count). The molecule has 0 radical (unpaired) electrons. The Labute approximate surface area is 113 Å². The lowest BCUT2D eigenvalue weighted by atomic mass is 10.1. The lowest BCUT2D eigenvalue weighted by Gasteiger charge is -2.17. The molecule has 2 aromatic rings. The fourth-order valence-electron chi connectivity index (χ4n) is 2.35. The summed E-state index contributed by atoms with van der Waals surface area (Å²) >= 11 is 0. The van der Waals surface area contributed by atoms with Crippen LogP contribution in [0.4, 0.5) is 5.82 Å². The third-order valence-corrected chi connectivity index (χ3v) is 3.34. The molecule has 2 N–H and O–H groups in total. The van der Waals surface area contributed by atoms with Crippen molar-refractivity contribution in [3.8, 4) is 0 Å². The van der Waals surface area contributed by atoms with E-state index in [4.69, 9.17) is 0 Å². The number of H-pyrrole nitrogens is 1. The fourth-order valence-corrected chi connectivity index (χ4v) is 2.35. The fraction of sp³-hybridized carbons (Fsp3) is 0.500. The first-order chi connectivity index (χ1) is 9.02. The Morgan fingerprint density at radius 1 is 1.32 bits per heavy atom. The second kappa shape index (κ2) is 5.38. The van der Waals surface area contributed by atoms with Crippen LogP contribution in [-0.4, -0.2) is 20.2 Å². The number of nitrogens with zero attached hydrogens (tertiary/aromatic N) is 3. The highest BCUT2D eigenvalue weighted by Crippen LogP contribution is 2.24. The molecule has 102 valence electrons. The van der Waals surface area contributed by atoms with E-state index in [1.807, 2.05) is 27.0 Å². The second-order valence-electron chi connectivity index (χ2n) is 4.86. The van der Waals surface area contributed by atoms with Crippen LogP contribution in [0.5, 0.6) is 0 Å². The zero-order valence-electron chi connectivity index (χ0n) is 12.2. The van der Waals surface area contributed by atoms with Gasteiger partial charge in [0.15, 0.2) is 0 Å². The minimum Gasteiger partial charge on any atom is -0.363 e. The van der Waals surface area contributed by atoms with Gasteiger partial charge in [0.05, 0.1) is 11.7 Å². The van der Waals surface area contributed by atoms with E-state index in [9.17, 15) is 0 Å². The zero-order chi connectivity index (χ0) is 14.0. The van der Waals surface area contributed by atoms with Crippen molar-refractivity contribution in [1.82, 2.24) is 20.2 Å². The van der Waals surface area contributed by atoms with E-state index in [0.29, 0.717) is 0 Å². The summed E-state index contributed by atoms with van der Waals surface area (Å²) in [7, 11) is 0. The minimum absolute atomic E-state index is 0.165. The SMILES string of the molecule is CCc1cnc(C)nc1NC(C)c1c(C)n[nH]c1C. The highest BCUT2D eigenvalue weighted by Gasteiger charge is 2.16. The van der Waals surface area contributed by atoms with Gasteiger partial charge in [-0.1, -0.05) is 6.92 Å². The lowest BCUT2D eigenvalue weighted by Crippen LogP contribution is -2.12. The molecule has 2 heterocycles. The number of hydrogen-bond acceptors (Lipinski definition) is 4. The first-order valence-corrected chi connectivity index (χ1v) is 6.63. The van der Waals surface area contributed by atoms with E-state index >= 15 is 0 Å². The van der Waals surface area contributed by atoms with Gasteiger partial charge in [0.25, 0.3) is 0 Å². The van der Waals surface area contributed by atoms with Crippen LogP contribution in [0.1, 0.15) is 48.2 Å². The Kier molecular flexibility index (Phi) is 3.83. The minimum atomic E-state index is 0.165. The van der Waals surface area contributed by atoms with Crippen molar-refractivity contribution in [3.05, 3.63) is 34.5 Å². The highest BCUT2D eigenvalue weighted by atomic mass is 15.1. The Balaban J connectivity index is 2.28. The zero-order valence-corrected chi connectivity index (χ0v) is 12.2. The Morgan fingerprint density at radius 3 is 2.63 bits per heavy atom. The number of nitrogens with one attached hydrogen (secondary N) is 2. The van der Waals surface area contributed by atoms with Gasteiger partial charge in [0, 0.05) is 23.0 Å². The number of aromatic nitrogens is 4. The summed E-state index contributed by atoms with van der Waals surface area (Å²) in [5, 5.41) is 10.7. The number of aryl methyl sites for hydroxylation is 4. The van der Waals surface area contributed by atoms with Gasteiger partial charge >= 0.3 is 0 Å². The molecule has 5 nitrogen and oxygen atoms in total. The summed E-state index contributed by atoms with van der Waals surface area (Å²) in [4.78, 5) is 8.75. The molecule has 2 aromatic heterocycles. The molecule has 0 saturated heterocycles. The van der Waals surface area contributed by atoms with Gasteiger partial charge in [-0.3, -0.25) is 5.10 Å². The van der Waals surface area contributed by atoms with Gasteiger partial charge < -0.3 is 5.32 Å². The topological polar surface area (TPSA) is 66.5 Å². The smallest absolute Gasteiger partial charge is 0.133 e. The first-order valence-electron chi connectivity index (χ1n) is 6.63. The summed E-state index contributed by atoms with van der Waals surface area (Å²) < 4.78 is 0. The van der Waals surface area contributed by atoms with Gasteiger partial charge in [0.1, 0.15) is 11.6 Å². The van der Waals surface area contributed by atoms with Crippen LogP contribution in [0.25, 0.3) is 0 Å². The normalized spacial score (nSPS) is 12.5. The Hall–Kier alpha value is -1.91. The average Bonchev–Trinajstić information content (AvgIpc) is 2.69. The molecule has 1 unspecified atom stereocenters. The van der Waals surface area contributed by atoms with Crippen LogP contribution in [0.15, 0.2) is 6.20 Å². The molecule has 0 aliphatic carbocycles. The molecule has 0 amide bonds. The van der Waals surface area contributed by atoms with E-state index in [2.05, 4.69) is 39.3 Å². The summed E-state index contributed by atoms with van der Waals surface area (Å²) in [6, 6.07) is 0.165. The third-order valence-electron chi connectivity index (χ3n) is 3.34. The number of rotatable bonds is 4. The molecule has 0 bridgehead atoms. The van der Waals surface area contributed by atoms with Crippen molar-refractivity contribution in [3.63, 3.8) is 0 Å². The number of hydrogen-bond donors (Lipinski definition) is 2. The summed E-state index contributed by atoms with van der Waals surface area (Å²) in [6.45, 7) is 10.2. The highest BCUT2D eigenvalue weighted by molar-refractivity contribution is 5.46. The standard InChI is InChI=1S/C14H21N5/c1-6-12-7-15-11(5)17-14(12)16-8(2)13-9(3)18-19-10(13)4/h7-8H,6H2,1-5H3,(H,18,19)(H,15,16,17). The van der Waals surface area contributed by atoms with E-state index in [-0.39, 0.29) is 6.04 Å². The Bertz CT molecular complexity index is 554. The monoisotopic (exact) mass is 259 g/mol. The van der Waals surface area contributed by atoms with Gasteiger partial charge in [-0.25, -0.2) is 9.97 Å². The van der Waals surface area contributed by atoms with E-state index in [0.717, 1.165) is 35.0 Å². The molecular formula is C14H21N5.